The van der Waals surface area contributed by atoms with Gasteiger partial charge in [-0.25, -0.2) is 19.2 Å². The van der Waals surface area contributed by atoms with E-state index in [1.165, 1.54) is 6.07 Å². The van der Waals surface area contributed by atoms with E-state index in [-0.39, 0.29) is 64.6 Å². The molecule has 56 heavy (non-hydrogen) atoms. The molecule has 3 atom stereocenters. The van der Waals surface area contributed by atoms with Crippen LogP contribution in [0.2, 0.25) is 0 Å². The van der Waals surface area contributed by atoms with Gasteiger partial charge in [0.25, 0.3) is 0 Å². The highest BCUT2D eigenvalue weighted by molar-refractivity contribution is 5.94. The maximum atomic E-state index is 13.4. The number of rotatable bonds is 9. The molecule has 0 amide bonds. The van der Waals surface area contributed by atoms with Crippen LogP contribution in [0.4, 0.5) is 0 Å². The Balaban J connectivity index is 1.23. The highest BCUT2D eigenvalue weighted by atomic mass is 16.6. The van der Waals surface area contributed by atoms with Crippen molar-refractivity contribution in [1.29, 1.82) is 0 Å². The monoisotopic (exact) mass is 744 g/mol. The highest BCUT2D eigenvalue weighted by Crippen LogP contribution is 2.51. The summed E-state index contributed by atoms with van der Waals surface area (Å²) in [4.78, 5) is 66.6. The van der Waals surface area contributed by atoms with E-state index in [0.29, 0.717) is 22.3 Å². The molecule has 1 fully saturated rings. The molecule has 10 heteroatoms. The van der Waals surface area contributed by atoms with Gasteiger partial charge in [0, 0.05) is 11.8 Å². The van der Waals surface area contributed by atoms with Crippen LogP contribution in [0.15, 0.2) is 152 Å². The fourth-order valence-electron chi connectivity index (χ4n) is 7.09. The summed E-state index contributed by atoms with van der Waals surface area (Å²) in [6.45, 7) is 0.0986. The molecule has 10 nitrogen and oxygen atoms in total. The third-order valence-electron chi connectivity index (χ3n) is 9.82. The molecule has 1 heterocycles. The van der Waals surface area contributed by atoms with Gasteiger partial charge in [0.2, 0.25) is 0 Å². The second kappa shape index (κ2) is 15.6. The molecule has 0 bridgehead atoms. The lowest BCUT2D eigenvalue weighted by molar-refractivity contribution is -0.141. The average Bonchev–Trinajstić information content (AvgIpc) is 3.61. The SMILES string of the molecule is O=C(Oc1ccc([C@H]2c3cc(OC(=O)c4ccccc4)c(OC(=O)c4ccccc4)cc3C[C@H]3C(=O)OC[C@H]23)cc1OC(=O)c1ccccc1)c1ccccc1. The Morgan fingerprint density at radius 3 is 1.36 bits per heavy atom. The Morgan fingerprint density at radius 2 is 0.893 bits per heavy atom. The smallest absolute Gasteiger partial charge is 0.343 e. The van der Waals surface area contributed by atoms with Gasteiger partial charge in [-0.1, -0.05) is 78.9 Å². The quantitative estimate of drug-likeness (QED) is 0.106. The molecule has 0 N–H and O–H groups in total. The normalized spacial score (nSPS) is 16.7. The number of hydrogen-bond acceptors (Lipinski definition) is 10. The molecular weight excluding hydrogens is 712 g/mol. The van der Waals surface area contributed by atoms with Gasteiger partial charge >= 0.3 is 29.8 Å². The van der Waals surface area contributed by atoms with E-state index in [1.807, 2.05) is 0 Å². The van der Waals surface area contributed by atoms with E-state index < -0.39 is 35.7 Å². The Kier molecular flexibility index (Phi) is 9.92. The van der Waals surface area contributed by atoms with Crippen molar-refractivity contribution in [3.63, 3.8) is 0 Å². The molecule has 8 rings (SSSR count). The summed E-state index contributed by atoms with van der Waals surface area (Å²) in [5.74, 6) is -4.62. The van der Waals surface area contributed by atoms with E-state index in [1.54, 1.807) is 146 Å². The molecule has 2 aliphatic rings. The van der Waals surface area contributed by atoms with Gasteiger partial charge < -0.3 is 23.7 Å². The maximum absolute atomic E-state index is 13.4. The zero-order chi connectivity index (χ0) is 38.6. The summed E-state index contributed by atoms with van der Waals surface area (Å²) in [6, 6.07) is 41.7. The van der Waals surface area contributed by atoms with Crippen molar-refractivity contribution in [2.45, 2.75) is 12.3 Å². The molecule has 1 saturated heterocycles. The highest BCUT2D eigenvalue weighted by Gasteiger charge is 2.47. The van der Waals surface area contributed by atoms with Crippen LogP contribution in [0.25, 0.3) is 0 Å². The molecule has 0 aromatic heterocycles. The number of esters is 5. The van der Waals surface area contributed by atoms with Crippen molar-refractivity contribution in [3.8, 4) is 23.0 Å². The van der Waals surface area contributed by atoms with Gasteiger partial charge in [0.15, 0.2) is 23.0 Å². The first-order chi connectivity index (χ1) is 27.3. The minimum Gasteiger partial charge on any atom is -0.465 e. The molecule has 0 saturated carbocycles. The van der Waals surface area contributed by atoms with Gasteiger partial charge in [-0.3, -0.25) is 4.79 Å². The van der Waals surface area contributed by atoms with Crippen LogP contribution >= 0.6 is 0 Å². The van der Waals surface area contributed by atoms with Gasteiger partial charge in [-0.2, -0.15) is 0 Å². The number of carbonyl (C=O) groups is 5. The van der Waals surface area contributed by atoms with Crippen molar-refractivity contribution in [2.75, 3.05) is 6.61 Å². The molecule has 276 valence electrons. The molecule has 1 aliphatic carbocycles. The van der Waals surface area contributed by atoms with Gasteiger partial charge in [0.1, 0.15) is 0 Å². The second-order valence-electron chi connectivity index (χ2n) is 13.3. The Morgan fingerprint density at radius 1 is 0.482 bits per heavy atom. The first-order valence-electron chi connectivity index (χ1n) is 17.9. The van der Waals surface area contributed by atoms with Crippen LogP contribution in [-0.4, -0.2) is 36.5 Å². The van der Waals surface area contributed by atoms with Crippen LogP contribution in [0.1, 0.15) is 64.0 Å². The third-order valence-corrected chi connectivity index (χ3v) is 9.82. The summed E-state index contributed by atoms with van der Waals surface area (Å²) in [5, 5.41) is 0. The summed E-state index contributed by atoms with van der Waals surface area (Å²) in [7, 11) is 0. The Labute approximate surface area is 321 Å². The van der Waals surface area contributed by atoms with Crippen LogP contribution in [0.3, 0.4) is 0 Å². The Bertz CT molecular complexity index is 2450. The lowest BCUT2D eigenvalue weighted by Gasteiger charge is -2.34. The average molecular weight is 745 g/mol. The van der Waals surface area contributed by atoms with Crippen molar-refractivity contribution >= 4 is 29.8 Å². The first-order valence-corrected chi connectivity index (χ1v) is 17.9. The minimum absolute atomic E-state index is 0.00105. The lowest BCUT2D eigenvalue weighted by atomic mass is 9.67. The molecule has 0 spiro atoms. The maximum Gasteiger partial charge on any atom is 0.343 e. The van der Waals surface area contributed by atoms with Crippen molar-refractivity contribution in [3.05, 3.63) is 191 Å². The zero-order valence-corrected chi connectivity index (χ0v) is 29.7. The van der Waals surface area contributed by atoms with E-state index in [9.17, 15) is 24.0 Å². The largest absolute Gasteiger partial charge is 0.465 e. The topological polar surface area (TPSA) is 132 Å². The van der Waals surface area contributed by atoms with E-state index in [4.69, 9.17) is 23.7 Å². The van der Waals surface area contributed by atoms with Gasteiger partial charge in [-0.15, -0.1) is 0 Å². The molecule has 6 aromatic rings. The third kappa shape index (κ3) is 7.40. The number of benzene rings is 6. The summed E-state index contributed by atoms with van der Waals surface area (Å²) in [5.41, 5.74) is 3.07. The summed E-state index contributed by atoms with van der Waals surface area (Å²) < 4.78 is 29.1. The summed E-state index contributed by atoms with van der Waals surface area (Å²) in [6.07, 6.45) is 0.265. The molecular formula is C46H32O10. The molecule has 6 aromatic carbocycles. The molecule has 0 unspecified atom stereocenters. The van der Waals surface area contributed by atoms with Crippen LogP contribution in [0, 0.1) is 11.8 Å². The van der Waals surface area contributed by atoms with Crippen LogP contribution in [-0.2, 0) is 16.0 Å². The van der Waals surface area contributed by atoms with Crippen molar-refractivity contribution in [2.24, 2.45) is 11.8 Å². The fourth-order valence-corrected chi connectivity index (χ4v) is 7.09. The van der Waals surface area contributed by atoms with Crippen molar-refractivity contribution in [1.82, 2.24) is 0 Å². The van der Waals surface area contributed by atoms with Gasteiger partial charge in [0.05, 0.1) is 34.8 Å². The summed E-state index contributed by atoms with van der Waals surface area (Å²) >= 11 is 0. The van der Waals surface area contributed by atoms with Crippen LogP contribution < -0.4 is 18.9 Å². The number of carbonyl (C=O) groups excluding carboxylic acids is 5. The predicted molar refractivity (Wildman–Crippen MR) is 202 cm³/mol. The second-order valence-corrected chi connectivity index (χ2v) is 13.3. The van der Waals surface area contributed by atoms with E-state index in [2.05, 4.69) is 0 Å². The zero-order valence-electron chi connectivity index (χ0n) is 29.7. The van der Waals surface area contributed by atoms with Crippen molar-refractivity contribution < 1.29 is 47.7 Å². The Hall–Kier alpha value is -7.33. The van der Waals surface area contributed by atoms with E-state index in [0.717, 1.165) is 0 Å². The molecule has 0 radical (unpaired) electrons. The molecule has 1 aliphatic heterocycles. The number of fused-ring (bicyclic) bond motifs is 2. The van der Waals surface area contributed by atoms with Gasteiger partial charge in [-0.05, 0) is 95.9 Å². The number of cyclic esters (lactones) is 1. The van der Waals surface area contributed by atoms with E-state index >= 15 is 0 Å². The number of hydrogen-bond donors (Lipinski definition) is 0. The minimum atomic E-state index is -0.680. The predicted octanol–water partition coefficient (Wildman–Crippen LogP) is 8.04. The first kappa shape index (κ1) is 35.7. The van der Waals surface area contributed by atoms with Crippen LogP contribution in [0.5, 0.6) is 23.0 Å². The lowest BCUT2D eigenvalue weighted by Crippen LogP contribution is -2.31. The number of ether oxygens (including phenoxy) is 5. The fraction of sp³-hybridized carbons (Fsp3) is 0.109. The standard InChI is InChI=1S/C46H32O10/c47-42(28-13-5-1-6-14-28)53-37-22-21-32(24-38(37)54-43(48)29-15-7-2-8-16-29)41-34-26-40(56-45(50)31-19-11-4-12-20-31)39(55-44(49)30-17-9-3-10-18-30)25-33(34)23-35-36(41)27-52-46(35)51/h1-22,24-26,35-36,41H,23,27H2/t35-,36+,41+/m1/s1.